The Hall–Kier alpha value is -1.75. The SMILES string of the molecule is COC(=O)C1=C(NC(=O)c2ccc(C(C)(C)C)cc2)CCS1. The zero-order valence-corrected chi connectivity index (χ0v) is 14.2. The van der Waals surface area contributed by atoms with Crippen LogP contribution in [0.2, 0.25) is 0 Å². The van der Waals surface area contributed by atoms with Crippen LogP contribution >= 0.6 is 11.8 Å². The predicted molar refractivity (Wildman–Crippen MR) is 88.7 cm³/mol. The van der Waals surface area contributed by atoms with Crippen molar-refractivity contribution in [3.63, 3.8) is 0 Å². The van der Waals surface area contributed by atoms with Crippen molar-refractivity contribution in [1.82, 2.24) is 5.32 Å². The van der Waals surface area contributed by atoms with E-state index in [1.165, 1.54) is 24.4 Å². The van der Waals surface area contributed by atoms with Crippen molar-refractivity contribution in [2.45, 2.75) is 32.6 Å². The lowest BCUT2D eigenvalue weighted by atomic mass is 9.87. The molecule has 0 fully saturated rings. The van der Waals surface area contributed by atoms with E-state index < -0.39 is 0 Å². The van der Waals surface area contributed by atoms with Crippen LogP contribution in [-0.2, 0) is 14.9 Å². The fourth-order valence-corrected chi connectivity index (χ4v) is 3.22. The number of hydrogen-bond acceptors (Lipinski definition) is 4. The number of carbonyl (C=O) groups is 2. The highest BCUT2D eigenvalue weighted by molar-refractivity contribution is 8.04. The van der Waals surface area contributed by atoms with E-state index >= 15 is 0 Å². The summed E-state index contributed by atoms with van der Waals surface area (Å²) in [5, 5.41) is 2.84. The molecule has 2 rings (SSSR count). The second-order valence-corrected chi connectivity index (χ2v) is 7.28. The minimum absolute atomic E-state index is 0.0533. The summed E-state index contributed by atoms with van der Waals surface area (Å²) < 4.78 is 4.74. The molecule has 1 aliphatic heterocycles. The minimum Gasteiger partial charge on any atom is -0.465 e. The highest BCUT2D eigenvalue weighted by Crippen LogP contribution is 2.31. The first-order valence-electron chi connectivity index (χ1n) is 7.19. The number of nitrogens with one attached hydrogen (secondary N) is 1. The molecule has 0 spiro atoms. The summed E-state index contributed by atoms with van der Waals surface area (Å²) in [5.41, 5.74) is 2.47. The first-order chi connectivity index (χ1) is 10.3. The maximum Gasteiger partial charge on any atom is 0.346 e. The maximum absolute atomic E-state index is 12.3. The van der Waals surface area contributed by atoms with Crippen LogP contribution in [-0.4, -0.2) is 24.7 Å². The smallest absolute Gasteiger partial charge is 0.346 e. The maximum atomic E-state index is 12.3. The molecule has 1 aromatic rings. The second-order valence-electron chi connectivity index (χ2n) is 6.18. The van der Waals surface area contributed by atoms with Crippen LogP contribution in [0.15, 0.2) is 34.9 Å². The number of benzene rings is 1. The van der Waals surface area contributed by atoms with Gasteiger partial charge >= 0.3 is 5.97 Å². The highest BCUT2D eigenvalue weighted by Gasteiger charge is 2.24. The lowest BCUT2D eigenvalue weighted by Crippen LogP contribution is -2.24. The molecule has 4 nitrogen and oxygen atoms in total. The number of methoxy groups -OCH3 is 1. The Balaban J connectivity index is 2.14. The van der Waals surface area contributed by atoms with E-state index in [1.54, 1.807) is 0 Å². The number of hydrogen-bond donors (Lipinski definition) is 1. The Morgan fingerprint density at radius 2 is 1.82 bits per heavy atom. The van der Waals surface area contributed by atoms with Crippen molar-refractivity contribution < 1.29 is 14.3 Å². The molecule has 1 amide bonds. The number of carbonyl (C=O) groups excluding carboxylic acids is 2. The zero-order chi connectivity index (χ0) is 16.3. The van der Waals surface area contributed by atoms with Crippen LogP contribution in [0.3, 0.4) is 0 Å². The van der Waals surface area contributed by atoms with E-state index in [-0.39, 0.29) is 17.3 Å². The van der Waals surface area contributed by atoms with Crippen molar-refractivity contribution in [3.05, 3.63) is 46.0 Å². The van der Waals surface area contributed by atoms with Crippen molar-refractivity contribution in [2.75, 3.05) is 12.9 Å². The van der Waals surface area contributed by atoms with Crippen LogP contribution in [0.5, 0.6) is 0 Å². The molecule has 118 valence electrons. The van der Waals surface area contributed by atoms with E-state index in [1.807, 2.05) is 24.3 Å². The van der Waals surface area contributed by atoms with Gasteiger partial charge in [-0.2, -0.15) is 0 Å². The minimum atomic E-state index is -0.388. The first-order valence-corrected chi connectivity index (χ1v) is 8.17. The van der Waals surface area contributed by atoms with Gasteiger partial charge in [0.1, 0.15) is 4.91 Å². The summed E-state index contributed by atoms with van der Waals surface area (Å²) in [6, 6.07) is 7.56. The molecule has 1 aliphatic rings. The highest BCUT2D eigenvalue weighted by atomic mass is 32.2. The predicted octanol–water partition coefficient (Wildman–Crippen LogP) is 3.24. The third-order valence-corrected chi connectivity index (χ3v) is 4.63. The quantitative estimate of drug-likeness (QED) is 0.869. The van der Waals surface area contributed by atoms with Crippen molar-refractivity contribution >= 4 is 23.6 Å². The summed E-state index contributed by atoms with van der Waals surface area (Å²) in [6.45, 7) is 6.39. The molecule has 0 atom stereocenters. The molecule has 0 bridgehead atoms. The van der Waals surface area contributed by atoms with Crippen LogP contribution in [0.25, 0.3) is 0 Å². The zero-order valence-electron chi connectivity index (χ0n) is 13.4. The summed E-state index contributed by atoms with van der Waals surface area (Å²) in [7, 11) is 1.35. The topological polar surface area (TPSA) is 55.4 Å². The van der Waals surface area contributed by atoms with Gasteiger partial charge in [-0.1, -0.05) is 32.9 Å². The molecule has 0 saturated heterocycles. The van der Waals surface area contributed by atoms with Gasteiger partial charge in [-0.15, -0.1) is 11.8 Å². The standard InChI is InChI=1S/C17H21NO3S/c1-17(2,3)12-7-5-11(6-8-12)15(19)18-13-9-10-22-14(13)16(20)21-4/h5-8H,9-10H2,1-4H3,(H,18,19). The van der Waals surface area contributed by atoms with Gasteiger partial charge in [0.25, 0.3) is 5.91 Å². The van der Waals surface area contributed by atoms with Gasteiger partial charge in [0.05, 0.1) is 7.11 Å². The number of amides is 1. The van der Waals surface area contributed by atoms with Crippen molar-refractivity contribution in [3.8, 4) is 0 Å². The number of allylic oxidation sites excluding steroid dienone is 1. The Bertz CT molecular complexity index is 612. The van der Waals surface area contributed by atoms with Gasteiger partial charge < -0.3 is 10.1 Å². The van der Waals surface area contributed by atoms with E-state index in [9.17, 15) is 9.59 Å². The molecule has 0 radical (unpaired) electrons. The Morgan fingerprint density at radius 1 is 1.18 bits per heavy atom. The van der Waals surface area contributed by atoms with Crippen LogP contribution in [0, 0.1) is 0 Å². The van der Waals surface area contributed by atoms with Crippen molar-refractivity contribution in [1.29, 1.82) is 0 Å². The normalized spacial score (nSPS) is 14.9. The second kappa shape index (κ2) is 6.57. The van der Waals surface area contributed by atoms with Gasteiger partial charge in [-0.05, 0) is 29.5 Å². The van der Waals surface area contributed by atoms with Gasteiger partial charge in [0.15, 0.2) is 0 Å². The van der Waals surface area contributed by atoms with E-state index in [4.69, 9.17) is 4.74 Å². The van der Waals surface area contributed by atoms with Crippen LogP contribution in [0.4, 0.5) is 0 Å². The summed E-state index contributed by atoms with van der Waals surface area (Å²) in [5.74, 6) is 0.198. The molecular formula is C17H21NO3S. The molecule has 0 aromatic heterocycles. The molecule has 0 aliphatic carbocycles. The van der Waals surface area contributed by atoms with Crippen molar-refractivity contribution in [2.24, 2.45) is 0 Å². The van der Waals surface area contributed by atoms with Gasteiger partial charge in [0, 0.05) is 17.0 Å². The molecule has 1 aromatic carbocycles. The van der Waals surface area contributed by atoms with E-state index in [2.05, 4.69) is 26.1 Å². The van der Waals surface area contributed by atoms with Gasteiger partial charge in [0.2, 0.25) is 0 Å². The fraction of sp³-hybridized carbons (Fsp3) is 0.412. The lowest BCUT2D eigenvalue weighted by molar-refractivity contribution is -0.135. The summed E-state index contributed by atoms with van der Waals surface area (Å²) in [4.78, 5) is 24.5. The average molecular weight is 319 g/mol. The Kier molecular flexibility index (Phi) is 4.96. The number of ether oxygens (including phenoxy) is 1. The number of thioether (sulfide) groups is 1. The Labute approximate surface area is 135 Å². The lowest BCUT2D eigenvalue weighted by Gasteiger charge is -2.19. The molecule has 0 saturated carbocycles. The molecule has 22 heavy (non-hydrogen) atoms. The molecule has 5 heteroatoms. The van der Waals surface area contributed by atoms with Crippen LogP contribution < -0.4 is 5.32 Å². The fourth-order valence-electron chi connectivity index (χ4n) is 2.18. The van der Waals surface area contributed by atoms with Gasteiger partial charge in [-0.25, -0.2) is 4.79 Å². The van der Waals surface area contributed by atoms with Crippen LogP contribution in [0.1, 0.15) is 43.1 Å². The first kappa shape index (κ1) is 16.6. The Morgan fingerprint density at radius 3 is 2.36 bits per heavy atom. The number of esters is 1. The molecule has 0 unspecified atom stereocenters. The third kappa shape index (κ3) is 3.71. The average Bonchev–Trinajstić information content (AvgIpc) is 2.93. The largest absolute Gasteiger partial charge is 0.465 e. The van der Waals surface area contributed by atoms with E-state index in [0.29, 0.717) is 22.6 Å². The molecular weight excluding hydrogens is 298 g/mol. The van der Waals surface area contributed by atoms with Gasteiger partial charge in [-0.3, -0.25) is 4.79 Å². The number of rotatable bonds is 3. The third-order valence-electron chi connectivity index (χ3n) is 3.52. The summed E-state index contributed by atoms with van der Waals surface area (Å²) in [6.07, 6.45) is 0.668. The van der Waals surface area contributed by atoms with E-state index in [0.717, 1.165) is 5.75 Å². The monoisotopic (exact) mass is 319 g/mol. The molecule has 1 N–H and O–H groups in total. The summed E-state index contributed by atoms with van der Waals surface area (Å²) >= 11 is 1.42. The molecule has 1 heterocycles.